The van der Waals surface area contributed by atoms with Crippen LogP contribution in [0, 0.1) is 0 Å². The number of benzene rings is 1. The Bertz CT molecular complexity index is 370. The van der Waals surface area contributed by atoms with Gasteiger partial charge in [0.15, 0.2) is 5.75 Å². The van der Waals surface area contributed by atoms with E-state index in [1.54, 1.807) is 18.2 Å². The van der Waals surface area contributed by atoms with Crippen LogP contribution in [-0.4, -0.2) is 44.1 Å². The molecule has 1 aromatic carbocycles. The minimum Gasteiger partial charge on any atom is -0.488 e. The number of hydrogen-bond donors (Lipinski definition) is 2. The Morgan fingerprint density at radius 3 is 2.65 bits per heavy atom. The predicted molar refractivity (Wildman–Crippen MR) is 80.7 cm³/mol. The molecule has 0 heterocycles. The number of halogens is 2. The van der Waals surface area contributed by atoms with Gasteiger partial charge in [0.1, 0.15) is 19.3 Å². The second kappa shape index (κ2) is 10.2. The van der Waals surface area contributed by atoms with E-state index in [0.29, 0.717) is 22.3 Å². The molecule has 20 heavy (non-hydrogen) atoms. The van der Waals surface area contributed by atoms with Crippen LogP contribution < -0.4 is 10.1 Å². The number of quaternary nitrogens is 1. The van der Waals surface area contributed by atoms with Crippen molar-refractivity contribution in [2.24, 2.45) is 0 Å². The van der Waals surface area contributed by atoms with Crippen LogP contribution >= 0.6 is 23.2 Å². The molecule has 1 rings (SSSR count). The summed E-state index contributed by atoms with van der Waals surface area (Å²) in [4.78, 5) is 0. The standard InChI is InChI=1S/C14H21Cl2NO3/c1-2-19-8-4-7-17-9-11(18)10-20-14-12(15)5-3-6-13(14)16/h3,5-6,11,17-18H,2,4,7-10H2,1H3/p+1/t11-/m1/s1. The van der Waals surface area contributed by atoms with Crippen LogP contribution in [0.3, 0.4) is 0 Å². The minimum atomic E-state index is -0.561. The molecule has 0 aromatic heterocycles. The summed E-state index contributed by atoms with van der Waals surface area (Å²) in [5.74, 6) is 0.422. The van der Waals surface area contributed by atoms with Gasteiger partial charge in [-0.25, -0.2) is 0 Å². The van der Waals surface area contributed by atoms with Gasteiger partial charge in [-0.1, -0.05) is 29.3 Å². The SMILES string of the molecule is CCOCCC[NH2+]C[C@@H](O)COc1c(Cl)cccc1Cl. The third-order valence-electron chi connectivity index (χ3n) is 2.68. The van der Waals surface area contributed by atoms with Gasteiger partial charge in [-0.05, 0) is 19.1 Å². The lowest BCUT2D eigenvalue weighted by molar-refractivity contribution is -0.661. The third kappa shape index (κ3) is 6.77. The topological polar surface area (TPSA) is 55.3 Å². The largest absolute Gasteiger partial charge is 0.488 e. The summed E-state index contributed by atoms with van der Waals surface area (Å²) in [6.07, 6.45) is 0.409. The van der Waals surface area contributed by atoms with Gasteiger partial charge < -0.3 is 19.9 Å². The number of ether oxygens (including phenoxy) is 2. The van der Waals surface area contributed by atoms with E-state index in [9.17, 15) is 5.11 Å². The van der Waals surface area contributed by atoms with Gasteiger partial charge in [0.2, 0.25) is 0 Å². The van der Waals surface area contributed by atoms with Gasteiger partial charge in [-0.3, -0.25) is 0 Å². The molecule has 0 saturated carbocycles. The average molecular weight is 323 g/mol. The molecule has 6 heteroatoms. The Hall–Kier alpha value is -0.520. The van der Waals surface area contributed by atoms with Crippen molar-refractivity contribution in [1.29, 1.82) is 0 Å². The van der Waals surface area contributed by atoms with E-state index in [1.165, 1.54) is 0 Å². The summed E-state index contributed by atoms with van der Waals surface area (Å²) in [5, 5.41) is 12.8. The van der Waals surface area contributed by atoms with E-state index in [2.05, 4.69) is 0 Å². The highest BCUT2D eigenvalue weighted by Gasteiger charge is 2.11. The van der Waals surface area contributed by atoms with Crippen molar-refractivity contribution in [3.8, 4) is 5.75 Å². The summed E-state index contributed by atoms with van der Waals surface area (Å²) >= 11 is 12.0. The smallest absolute Gasteiger partial charge is 0.156 e. The molecular weight excluding hydrogens is 301 g/mol. The monoisotopic (exact) mass is 322 g/mol. The molecule has 0 spiro atoms. The van der Waals surface area contributed by atoms with Crippen LogP contribution in [0.1, 0.15) is 13.3 Å². The van der Waals surface area contributed by atoms with Crippen LogP contribution in [-0.2, 0) is 4.74 Å². The number of nitrogens with two attached hydrogens (primary N) is 1. The van der Waals surface area contributed by atoms with Gasteiger partial charge >= 0.3 is 0 Å². The van der Waals surface area contributed by atoms with Gasteiger partial charge in [-0.15, -0.1) is 0 Å². The van der Waals surface area contributed by atoms with Crippen molar-refractivity contribution in [2.45, 2.75) is 19.4 Å². The normalized spacial score (nSPS) is 12.4. The maximum atomic E-state index is 9.82. The average Bonchev–Trinajstić information content (AvgIpc) is 2.42. The molecule has 0 amide bonds. The Morgan fingerprint density at radius 2 is 2.00 bits per heavy atom. The highest BCUT2D eigenvalue weighted by atomic mass is 35.5. The molecule has 0 unspecified atom stereocenters. The molecule has 1 aromatic rings. The first-order chi connectivity index (χ1) is 9.65. The molecule has 0 bridgehead atoms. The summed E-state index contributed by atoms with van der Waals surface area (Å²) in [5.41, 5.74) is 0. The molecular formula is C14H22Cl2NO3+. The molecule has 4 nitrogen and oxygen atoms in total. The van der Waals surface area contributed by atoms with Crippen LogP contribution in [0.2, 0.25) is 10.0 Å². The maximum Gasteiger partial charge on any atom is 0.156 e. The van der Waals surface area contributed by atoms with E-state index in [-0.39, 0.29) is 6.61 Å². The van der Waals surface area contributed by atoms with Crippen molar-refractivity contribution in [3.63, 3.8) is 0 Å². The second-order valence-electron chi connectivity index (χ2n) is 4.38. The van der Waals surface area contributed by atoms with Crippen molar-refractivity contribution >= 4 is 23.2 Å². The highest BCUT2D eigenvalue weighted by Crippen LogP contribution is 2.32. The number of aliphatic hydroxyl groups excluding tert-OH is 1. The van der Waals surface area contributed by atoms with E-state index >= 15 is 0 Å². The maximum absolute atomic E-state index is 9.82. The zero-order valence-electron chi connectivity index (χ0n) is 11.6. The Kier molecular flexibility index (Phi) is 8.98. The lowest BCUT2D eigenvalue weighted by atomic mass is 10.3. The summed E-state index contributed by atoms with van der Waals surface area (Å²) in [6.45, 7) is 5.15. The Morgan fingerprint density at radius 1 is 1.30 bits per heavy atom. The van der Waals surface area contributed by atoms with E-state index in [4.69, 9.17) is 32.7 Å². The van der Waals surface area contributed by atoms with E-state index in [1.807, 2.05) is 12.2 Å². The minimum absolute atomic E-state index is 0.172. The summed E-state index contributed by atoms with van der Waals surface area (Å²) < 4.78 is 10.7. The fourth-order valence-electron chi connectivity index (χ4n) is 1.65. The zero-order valence-corrected chi connectivity index (χ0v) is 13.2. The van der Waals surface area contributed by atoms with E-state index < -0.39 is 6.10 Å². The van der Waals surface area contributed by atoms with Gasteiger partial charge in [0.25, 0.3) is 0 Å². The zero-order chi connectivity index (χ0) is 14.8. The predicted octanol–water partition coefficient (Wildman–Crippen LogP) is 1.72. The molecule has 0 radical (unpaired) electrons. The first kappa shape index (κ1) is 17.5. The number of para-hydroxylation sites is 1. The van der Waals surface area contributed by atoms with Crippen molar-refractivity contribution in [1.82, 2.24) is 0 Å². The molecule has 3 N–H and O–H groups in total. The molecule has 0 aliphatic heterocycles. The molecule has 0 saturated heterocycles. The molecule has 0 aliphatic rings. The molecule has 114 valence electrons. The number of aliphatic hydroxyl groups is 1. The summed E-state index contributed by atoms with van der Waals surface area (Å²) in [6, 6.07) is 5.16. The van der Waals surface area contributed by atoms with Crippen LogP contribution in [0.15, 0.2) is 18.2 Å². The van der Waals surface area contributed by atoms with Crippen LogP contribution in [0.4, 0.5) is 0 Å². The van der Waals surface area contributed by atoms with Gasteiger partial charge in [0, 0.05) is 13.0 Å². The summed E-state index contributed by atoms with van der Waals surface area (Å²) in [7, 11) is 0. The van der Waals surface area contributed by atoms with Crippen LogP contribution in [0.5, 0.6) is 5.75 Å². The Balaban J connectivity index is 2.18. The first-order valence-electron chi connectivity index (χ1n) is 6.79. The quantitative estimate of drug-likeness (QED) is 0.645. The molecule has 0 aliphatic carbocycles. The van der Waals surface area contributed by atoms with Gasteiger partial charge in [-0.2, -0.15) is 0 Å². The molecule has 1 atom stereocenters. The molecule has 0 fully saturated rings. The highest BCUT2D eigenvalue weighted by molar-refractivity contribution is 6.37. The van der Waals surface area contributed by atoms with Crippen molar-refractivity contribution in [3.05, 3.63) is 28.2 Å². The lowest BCUT2D eigenvalue weighted by Gasteiger charge is -2.13. The lowest BCUT2D eigenvalue weighted by Crippen LogP contribution is -2.86. The fraction of sp³-hybridized carbons (Fsp3) is 0.571. The number of hydrogen-bond acceptors (Lipinski definition) is 3. The first-order valence-corrected chi connectivity index (χ1v) is 7.55. The van der Waals surface area contributed by atoms with Crippen molar-refractivity contribution in [2.75, 3.05) is 32.9 Å². The fourth-order valence-corrected chi connectivity index (χ4v) is 2.16. The van der Waals surface area contributed by atoms with Gasteiger partial charge in [0.05, 0.1) is 23.2 Å². The third-order valence-corrected chi connectivity index (χ3v) is 3.27. The van der Waals surface area contributed by atoms with Crippen LogP contribution in [0.25, 0.3) is 0 Å². The van der Waals surface area contributed by atoms with Crippen molar-refractivity contribution < 1.29 is 19.9 Å². The van der Waals surface area contributed by atoms with E-state index in [0.717, 1.165) is 26.2 Å². The number of rotatable bonds is 10. The Labute approximate surface area is 130 Å². The second-order valence-corrected chi connectivity index (χ2v) is 5.19.